The van der Waals surface area contributed by atoms with Gasteiger partial charge in [0.05, 0.1) is 31.8 Å². The number of ether oxygens (including phenoxy) is 3. The molecule has 1 spiro atoms. The second-order valence-electron chi connectivity index (χ2n) is 4.84. The summed E-state index contributed by atoms with van der Waals surface area (Å²) in [5.74, 6) is -1.02. The third kappa shape index (κ3) is 2.97. The first-order valence-electron chi connectivity index (χ1n) is 6.23. The van der Waals surface area contributed by atoms with Gasteiger partial charge in [0.2, 0.25) is 0 Å². The number of hydrogen-bond donors (Lipinski definition) is 1. The van der Waals surface area contributed by atoms with E-state index in [4.69, 9.17) is 14.2 Å². The van der Waals surface area contributed by atoms with Gasteiger partial charge in [-0.25, -0.2) is 0 Å². The zero-order valence-corrected chi connectivity index (χ0v) is 10.2. The lowest BCUT2D eigenvalue weighted by Crippen LogP contribution is -2.47. The van der Waals surface area contributed by atoms with Crippen molar-refractivity contribution in [3.8, 4) is 0 Å². The zero-order valence-electron chi connectivity index (χ0n) is 10.2. The van der Waals surface area contributed by atoms with E-state index in [9.17, 15) is 9.90 Å². The second kappa shape index (κ2) is 4.92. The van der Waals surface area contributed by atoms with Crippen LogP contribution in [0.1, 0.15) is 39.0 Å². The molecular weight excluding hydrogens is 224 g/mol. The smallest absolute Gasteiger partial charge is 0.308 e. The van der Waals surface area contributed by atoms with Gasteiger partial charge in [0.15, 0.2) is 5.79 Å². The Morgan fingerprint density at radius 3 is 2.71 bits per heavy atom. The van der Waals surface area contributed by atoms with Crippen LogP contribution in [0.5, 0.6) is 0 Å². The fourth-order valence-electron chi connectivity index (χ4n) is 2.74. The molecule has 1 aliphatic heterocycles. The summed E-state index contributed by atoms with van der Waals surface area (Å²) < 4.78 is 16.0. The molecule has 5 nitrogen and oxygen atoms in total. The van der Waals surface area contributed by atoms with Crippen molar-refractivity contribution in [3.63, 3.8) is 0 Å². The lowest BCUT2D eigenvalue weighted by molar-refractivity contribution is -0.220. The average Bonchev–Trinajstić information content (AvgIpc) is 2.65. The highest BCUT2D eigenvalue weighted by Gasteiger charge is 2.48. The van der Waals surface area contributed by atoms with Crippen molar-refractivity contribution in [3.05, 3.63) is 0 Å². The van der Waals surface area contributed by atoms with Gasteiger partial charge in [-0.1, -0.05) is 0 Å². The molecule has 1 aliphatic carbocycles. The molecule has 17 heavy (non-hydrogen) atoms. The first-order chi connectivity index (χ1) is 8.08. The van der Waals surface area contributed by atoms with E-state index in [2.05, 4.69) is 0 Å². The van der Waals surface area contributed by atoms with Crippen LogP contribution in [0.15, 0.2) is 0 Å². The fourth-order valence-corrected chi connectivity index (χ4v) is 2.74. The van der Waals surface area contributed by atoms with Gasteiger partial charge in [0.25, 0.3) is 0 Å². The molecule has 2 rings (SSSR count). The maximum Gasteiger partial charge on any atom is 0.308 e. The van der Waals surface area contributed by atoms with Crippen LogP contribution in [0.2, 0.25) is 0 Å². The van der Waals surface area contributed by atoms with E-state index in [1.165, 1.54) is 0 Å². The fraction of sp³-hybridized carbons (Fsp3) is 0.917. The summed E-state index contributed by atoms with van der Waals surface area (Å²) in [7, 11) is 0. The summed E-state index contributed by atoms with van der Waals surface area (Å²) in [6, 6.07) is 0. The second-order valence-corrected chi connectivity index (χ2v) is 4.84. The molecule has 0 aromatic carbocycles. The van der Waals surface area contributed by atoms with Crippen molar-refractivity contribution in [2.75, 3.05) is 19.8 Å². The van der Waals surface area contributed by atoms with Gasteiger partial charge < -0.3 is 19.3 Å². The molecule has 1 unspecified atom stereocenters. The molecule has 1 heterocycles. The van der Waals surface area contributed by atoms with Crippen molar-refractivity contribution < 1.29 is 24.1 Å². The molecule has 5 heteroatoms. The van der Waals surface area contributed by atoms with Gasteiger partial charge in [0, 0.05) is 12.8 Å². The van der Waals surface area contributed by atoms with Crippen molar-refractivity contribution in [2.24, 2.45) is 0 Å². The Hall–Kier alpha value is -0.650. The average molecular weight is 244 g/mol. The maximum absolute atomic E-state index is 11.5. The minimum atomic E-state index is -1.05. The lowest BCUT2D eigenvalue weighted by atomic mass is 9.79. The van der Waals surface area contributed by atoms with E-state index >= 15 is 0 Å². The summed E-state index contributed by atoms with van der Waals surface area (Å²) >= 11 is 0. The van der Waals surface area contributed by atoms with Crippen molar-refractivity contribution in [2.45, 2.75) is 50.4 Å². The molecule has 0 radical (unpaired) electrons. The summed E-state index contributed by atoms with van der Waals surface area (Å²) in [5, 5.41) is 10.4. The Morgan fingerprint density at radius 2 is 2.06 bits per heavy atom. The maximum atomic E-state index is 11.5. The Balaban J connectivity index is 1.97. The minimum absolute atomic E-state index is 0.0231. The summed E-state index contributed by atoms with van der Waals surface area (Å²) in [5.41, 5.74) is -1.05. The molecule has 1 saturated heterocycles. The first kappa shape index (κ1) is 12.8. The number of esters is 1. The topological polar surface area (TPSA) is 65.0 Å². The van der Waals surface area contributed by atoms with E-state index in [0.29, 0.717) is 32.7 Å². The monoisotopic (exact) mass is 244 g/mol. The van der Waals surface area contributed by atoms with Gasteiger partial charge >= 0.3 is 5.97 Å². The van der Waals surface area contributed by atoms with E-state index in [1.807, 2.05) is 0 Å². The Kier molecular flexibility index (Phi) is 3.70. The SMILES string of the molecule is CCOC(=O)CC1(O)CCCC2(C1)OCCO2. The third-order valence-electron chi connectivity index (χ3n) is 3.39. The van der Waals surface area contributed by atoms with E-state index in [0.717, 1.165) is 12.8 Å². The number of rotatable bonds is 3. The Morgan fingerprint density at radius 1 is 1.35 bits per heavy atom. The van der Waals surface area contributed by atoms with Crippen molar-refractivity contribution in [1.29, 1.82) is 0 Å². The van der Waals surface area contributed by atoms with Crippen LogP contribution < -0.4 is 0 Å². The summed E-state index contributed by atoms with van der Waals surface area (Å²) in [4.78, 5) is 11.5. The standard InChI is InChI=1S/C12H20O5/c1-2-15-10(13)8-11(14)4-3-5-12(9-11)16-6-7-17-12/h14H,2-9H2,1H3. The summed E-state index contributed by atoms with van der Waals surface area (Å²) in [6.45, 7) is 3.23. The molecule has 98 valence electrons. The zero-order chi connectivity index (χ0) is 12.4. The number of aliphatic hydroxyl groups is 1. The van der Waals surface area contributed by atoms with Gasteiger partial charge in [-0.05, 0) is 19.8 Å². The molecule has 0 amide bonds. The third-order valence-corrected chi connectivity index (χ3v) is 3.39. The highest BCUT2D eigenvalue weighted by molar-refractivity contribution is 5.70. The molecule has 0 aromatic heterocycles. The van der Waals surface area contributed by atoms with Crippen LogP contribution in [-0.2, 0) is 19.0 Å². The largest absolute Gasteiger partial charge is 0.466 e. The summed E-state index contributed by atoms with van der Waals surface area (Å²) in [6.07, 6.45) is 2.57. The normalized spacial score (nSPS) is 31.6. The molecule has 0 bridgehead atoms. The molecule has 1 N–H and O–H groups in total. The molecule has 2 aliphatic rings. The molecule has 2 fully saturated rings. The van der Waals surface area contributed by atoms with Crippen LogP contribution in [0.25, 0.3) is 0 Å². The van der Waals surface area contributed by atoms with Crippen molar-refractivity contribution in [1.82, 2.24) is 0 Å². The quantitative estimate of drug-likeness (QED) is 0.750. The van der Waals surface area contributed by atoms with Gasteiger partial charge in [-0.15, -0.1) is 0 Å². The van der Waals surface area contributed by atoms with Gasteiger partial charge in [0.1, 0.15) is 0 Å². The molecule has 1 atom stereocenters. The predicted molar refractivity (Wildman–Crippen MR) is 59.3 cm³/mol. The van der Waals surface area contributed by atoms with Crippen LogP contribution >= 0.6 is 0 Å². The lowest BCUT2D eigenvalue weighted by Gasteiger charge is -2.41. The van der Waals surface area contributed by atoms with E-state index < -0.39 is 11.4 Å². The van der Waals surface area contributed by atoms with Gasteiger partial charge in [-0.3, -0.25) is 4.79 Å². The molecule has 1 saturated carbocycles. The Labute approximate surface area is 101 Å². The first-order valence-corrected chi connectivity index (χ1v) is 6.23. The van der Waals surface area contributed by atoms with E-state index in [1.54, 1.807) is 6.92 Å². The molecular formula is C12H20O5. The highest BCUT2D eigenvalue weighted by Crippen LogP contribution is 2.42. The number of carbonyl (C=O) groups excluding carboxylic acids is 1. The molecule has 0 aromatic rings. The van der Waals surface area contributed by atoms with Crippen molar-refractivity contribution >= 4 is 5.97 Å². The van der Waals surface area contributed by atoms with E-state index in [-0.39, 0.29) is 12.4 Å². The predicted octanol–water partition coefficient (Wildman–Crippen LogP) is 0.988. The van der Waals surface area contributed by atoms with Crippen LogP contribution in [-0.4, -0.2) is 42.3 Å². The Bertz CT molecular complexity index is 285. The van der Waals surface area contributed by atoms with Gasteiger partial charge in [-0.2, -0.15) is 0 Å². The van der Waals surface area contributed by atoms with Crippen LogP contribution in [0, 0.1) is 0 Å². The highest BCUT2D eigenvalue weighted by atomic mass is 16.7. The van der Waals surface area contributed by atoms with Crippen LogP contribution in [0.4, 0.5) is 0 Å². The number of hydrogen-bond acceptors (Lipinski definition) is 5. The number of carbonyl (C=O) groups is 1. The van der Waals surface area contributed by atoms with Crippen LogP contribution in [0.3, 0.4) is 0 Å². The minimum Gasteiger partial charge on any atom is -0.466 e.